The summed E-state index contributed by atoms with van der Waals surface area (Å²) in [5.41, 5.74) is 6.42. The zero-order valence-corrected chi connectivity index (χ0v) is 11.2. The van der Waals surface area contributed by atoms with Gasteiger partial charge in [0, 0.05) is 22.8 Å². The summed E-state index contributed by atoms with van der Waals surface area (Å²) in [5.74, 6) is 1.41. The molecule has 2 N–H and O–H groups in total. The Morgan fingerprint density at radius 2 is 2.00 bits per heavy atom. The first-order valence-corrected chi connectivity index (χ1v) is 5.98. The van der Waals surface area contributed by atoms with Gasteiger partial charge in [-0.2, -0.15) is 0 Å². The monoisotopic (exact) mass is 283 g/mol. The Kier molecular flexibility index (Phi) is 3.89. The SMILES string of the molecule is Cc1cc(N)nc(COc2cc(Cl)ccc2Cl)n1. The molecule has 1 aromatic carbocycles. The zero-order valence-electron chi connectivity index (χ0n) is 9.65. The Hall–Kier alpha value is -1.52. The first-order valence-electron chi connectivity index (χ1n) is 5.22. The molecule has 94 valence electrons. The van der Waals surface area contributed by atoms with Crippen LogP contribution in [-0.4, -0.2) is 9.97 Å². The van der Waals surface area contributed by atoms with E-state index in [1.807, 2.05) is 6.92 Å². The van der Waals surface area contributed by atoms with Gasteiger partial charge in [0.1, 0.15) is 18.2 Å². The number of rotatable bonds is 3. The van der Waals surface area contributed by atoms with E-state index in [9.17, 15) is 0 Å². The Labute approximate surface area is 115 Å². The molecule has 4 nitrogen and oxygen atoms in total. The standard InChI is InChI=1S/C12H11Cl2N3O/c1-7-4-11(15)17-12(16-7)6-18-10-5-8(13)2-3-9(10)14/h2-5H,6H2,1H3,(H2,15,16,17). The second kappa shape index (κ2) is 5.42. The van der Waals surface area contributed by atoms with E-state index in [0.717, 1.165) is 5.69 Å². The number of ether oxygens (including phenoxy) is 1. The van der Waals surface area contributed by atoms with Crippen LogP contribution in [0.25, 0.3) is 0 Å². The van der Waals surface area contributed by atoms with Gasteiger partial charge < -0.3 is 10.5 Å². The summed E-state index contributed by atoms with van der Waals surface area (Å²) in [6.07, 6.45) is 0. The number of anilines is 1. The topological polar surface area (TPSA) is 61.0 Å². The highest BCUT2D eigenvalue weighted by Crippen LogP contribution is 2.28. The van der Waals surface area contributed by atoms with E-state index < -0.39 is 0 Å². The number of halogens is 2. The van der Waals surface area contributed by atoms with Gasteiger partial charge in [-0.25, -0.2) is 9.97 Å². The number of hydrogen-bond donors (Lipinski definition) is 1. The van der Waals surface area contributed by atoms with Gasteiger partial charge >= 0.3 is 0 Å². The lowest BCUT2D eigenvalue weighted by Gasteiger charge is -2.08. The predicted molar refractivity (Wildman–Crippen MR) is 72.0 cm³/mol. The molecule has 0 saturated heterocycles. The average Bonchev–Trinajstić information content (AvgIpc) is 2.29. The Morgan fingerprint density at radius 3 is 2.72 bits per heavy atom. The summed E-state index contributed by atoms with van der Waals surface area (Å²) < 4.78 is 5.52. The highest BCUT2D eigenvalue weighted by atomic mass is 35.5. The van der Waals surface area contributed by atoms with Crippen LogP contribution >= 0.6 is 23.2 Å². The van der Waals surface area contributed by atoms with Gasteiger partial charge in [-0.1, -0.05) is 23.2 Å². The molecule has 2 aromatic rings. The molecule has 0 spiro atoms. The Bertz CT molecular complexity index is 555. The summed E-state index contributed by atoms with van der Waals surface area (Å²) >= 11 is 11.8. The van der Waals surface area contributed by atoms with Crippen molar-refractivity contribution in [1.29, 1.82) is 0 Å². The molecular weight excluding hydrogens is 273 g/mol. The molecule has 0 radical (unpaired) electrons. The van der Waals surface area contributed by atoms with Crippen molar-refractivity contribution in [2.24, 2.45) is 0 Å². The molecule has 0 unspecified atom stereocenters. The molecule has 0 saturated carbocycles. The third-order valence-corrected chi connectivity index (χ3v) is 2.72. The fourth-order valence-corrected chi connectivity index (χ4v) is 1.79. The number of benzene rings is 1. The van der Waals surface area contributed by atoms with Gasteiger partial charge in [-0.05, 0) is 19.1 Å². The van der Waals surface area contributed by atoms with E-state index >= 15 is 0 Å². The van der Waals surface area contributed by atoms with Crippen molar-refractivity contribution in [3.8, 4) is 5.75 Å². The number of nitrogen functional groups attached to an aromatic ring is 1. The maximum Gasteiger partial charge on any atom is 0.168 e. The van der Waals surface area contributed by atoms with Gasteiger partial charge in [0.25, 0.3) is 0 Å². The highest BCUT2D eigenvalue weighted by Gasteiger charge is 2.05. The van der Waals surface area contributed by atoms with E-state index in [4.69, 9.17) is 33.7 Å². The van der Waals surface area contributed by atoms with Gasteiger partial charge in [0.05, 0.1) is 5.02 Å². The van der Waals surface area contributed by atoms with E-state index in [1.165, 1.54) is 0 Å². The normalized spacial score (nSPS) is 10.4. The van der Waals surface area contributed by atoms with Crippen LogP contribution in [0.3, 0.4) is 0 Å². The number of hydrogen-bond acceptors (Lipinski definition) is 4. The minimum atomic E-state index is 0.186. The van der Waals surface area contributed by atoms with E-state index in [2.05, 4.69) is 9.97 Å². The minimum Gasteiger partial charge on any atom is -0.484 e. The lowest BCUT2D eigenvalue weighted by atomic mass is 10.3. The molecule has 0 aliphatic carbocycles. The fourth-order valence-electron chi connectivity index (χ4n) is 1.45. The molecule has 6 heteroatoms. The first-order chi connectivity index (χ1) is 8.54. The zero-order chi connectivity index (χ0) is 13.1. The molecule has 0 aliphatic heterocycles. The molecule has 0 bridgehead atoms. The van der Waals surface area contributed by atoms with Crippen LogP contribution in [-0.2, 0) is 6.61 Å². The van der Waals surface area contributed by atoms with Crippen molar-refractivity contribution in [3.63, 3.8) is 0 Å². The quantitative estimate of drug-likeness (QED) is 0.939. The van der Waals surface area contributed by atoms with Gasteiger partial charge in [0.2, 0.25) is 0 Å². The van der Waals surface area contributed by atoms with Crippen LogP contribution in [0.5, 0.6) is 5.75 Å². The van der Waals surface area contributed by atoms with Crippen molar-refractivity contribution in [2.75, 3.05) is 5.73 Å². The van der Waals surface area contributed by atoms with Crippen LogP contribution in [0.4, 0.5) is 5.82 Å². The summed E-state index contributed by atoms with van der Waals surface area (Å²) in [7, 11) is 0. The third kappa shape index (κ3) is 3.24. The summed E-state index contributed by atoms with van der Waals surface area (Å²) in [6.45, 7) is 2.03. The maximum absolute atomic E-state index is 5.98. The molecule has 2 rings (SSSR count). The van der Waals surface area contributed by atoms with Crippen LogP contribution in [0.1, 0.15) is 11.5 Å². The van der Waals surface area contributed by atoms with Crippen molar-refractivity contribution in [1.82, 2.24) is 9.97 Å². The molecule has 1 heterocycles. The summed E-state index contributed by atoms with van der Waals surface area (Å²) in [5, 5.41) is 1.04. The van der Waals surface area contributed by atoms with E-state index in [-0.39, 0.29) is 6.61 Å². The summed E-state index contributed by atoms with van der Waals surface area (Å²) in [6, 6.07) is 6.70. The fraction of sp³-hybridized carbons (Fsp3) is 0.167. The molecule has 0 atom stereocenters. The van der Waals surface area contributed by atoms with Crippen LogP contribution in [0.15, 0.2) is 24.3 Å². The second-order valence-electron chi connectivity index (χ2n) is 3.71. The Morgan fingerprint density at radius 1 is 1.22 bits per heavy atom. The number of nitrogens with two attached hydrogens (primary N) is 1. The Balaban J connectivity index is 2.13. The molecule has 0 aliphatic rings. The van der Waals surface area contributed by atoms with Crippen LogP contribution in [0, 0.1) is 6.92 Å². The number of nitrogens with zero attached hydrogens (tertiary/aromatic N) is 2. The molecular formula is C12H11Cl2N3O. The molecule has 18 heavy (non-hydrogen) atoms. The maximum atomic E-state index is 5.98. The molecule has 0 fully saturated rings. The average molecular weight is 284 g/mol. The van der Waals surface area contributed by atoms with Gasteiger partial charge in [-0.3, -0.25) is 0 Å². The molecule has 0 amide bonds. The largest absolute Gasteiger partial charge is 0.484 e. The minimum absolute atomic E-state index is 0.186. The predicted octanol–water partition coefficient (Wildman–Crippen LogP) is 3.25. The van der Waals surface area contributed by atoms with Gasteiger partial charge in [-0.15, -0.1) is 0 Å². The van der Waals surface area contributed by atoms with Crippen molar-refractivity contribution in [3.05, 3.63) is 45.8 Å². The van der Waals surface area contributed by atoms with E-state index in [1.54, 1.807) is 24.3 Å². The van der Waals surface area contributed by atoms with Crippen LogP contribution in [0.2, 0.25) is 10.0 Å². The van der Waals surface area contributed by atoms with E-state index in [0.29, 0.717) is 27.4 Å². The third-order valence-electron chi connectivity index (χ3n) is 2.17. The highest BCUT2D eigenvalue weighted by molar-refractivity contribution is 6.34. The van der Waals surface area contributed by atoms with Crippen LogP contribution < -0.4 is 10.5 Å². The second-order valence-corrected chi connectivity index (χ2v) is 4.56. The summed E-state index contributed by atoms with van der Waals surface area (Å²) in [4.78, 5) is 8.28. The lowest BCUT2D eigenvalue weighted by molar-refractivity contribution is 0.296. The van der Waals surface area contributed by atoms with Crippen molar-refractivity contribution < 1.29 is 4.74 Å². The van der Waals surface area contributed by atoms with Crippen molar-refractivity contribution >= 4 is 29.0 Å². The van der Waals surface area contributed by atoms with Crippen molar-refractivity contribution in [2.45, 2.75) is 13.5 Å². The van der Waals surface area contributed by atoms with Gasteiger partial charge in [0.15, 0.2) is 5.82 Å². The smallest absolute Gasteiger partial charge is 0.168 e. The molecule has 1 aromatic heterocycles. The lowest BCUT2D eigenvalue weighted by Crippen LogP contribution is -2.05. The number of aryl methyl sites for hydroxylation is 1. The first kappa shape index (κ1) is 12.9. The number of aromatic nitrogens is 2.